The maximum absolute atomic E-state index is 12.6. The molecule has 0 aliphatic carbocycles. The second-order valence-corrected chi connectivity index (χ2v) is 6.79. The largest absolute Gasteiger partial charge is 0.381 e. The highest BCUT2D eigenvalue weighted by Gasteiger charge is 2.18. The van der Waals surface area contributed by atoms with Gasteiger partial charge in [-0.15, -0.1) is 0 Å². The van der Waals surface area contributed by atoms with Crippen molar-refractivity contribution in [3.63, 3.8) is 0 Å². The maximum atomic E-state index is 12.6. The molecule has 0 spiro atoms. The minimum Gasteiger partial charge on any atom is -0.381 e. The van der Waals surface area contributed by atoms with E-state index in [0.717, 1.165) is 53.6 Å². The van der Waals surface area contributed by atoms with E-state index in [1.165, 1.54) is 0 Å². The molecule has 6 nitrogen and oxygen atoms in total. The van der Waals surface area contributed by atoms with Gasteiger partial charge in [-0.1, -0.05) is 6.07 Å². The number of nitrogens with one attached hydrogen (secondary N) is 2. The third kappa shape index (κ3) is 3.32. The molecule has 0 radical (unpaired) electrons. The van der Waals surface area contributed by atoms with Gasteiger partial charge < -0.3 is 10.1 Å². The molecule has 0 bridgehead atoms. The molecule has 26 heavy (non-hydrogen) atoms. The summed E-state index contributed by atoms with van der Waals surface area (Å²) in [5.74, 6) is 0.342. The molecular formula is C20H22N4O2. The Hall–Kier alpha value is -2.73. The summed E-state index contributed by atoms with van der Waals surface area (Å²) >= 11 is 0. The van der Waals surface area contributed by atoms with Gasteiger partial charge in [-0.2, -0.15) is 5.10 Å². The first-order valence-corrected chi connectivity index (χ1v) is 8.97. The number of ether oxygens (including phenoxy) is 1. The summed E-state index contributed by atoms with van der Waals surface area (Å²) in [7, 11) is 0. The third-order valence-electron chi connectivity index (χ3n) is 5.02. The fourth-order valence-electron chi connectivity index (χ4n) is 3.39. The number of carbonyl (C=O) groups is 1. The SMILES string of the molecule is Cc1ccncc1-c1ccc2[nH]nc(C(=O)NCC3CCOCC3)c2c1. The molecule has 1 aliphatic heterocycles. The molecular weight excluding hydrogens is 328 g/mol. The zero-order valence-electron chi connectivity index (χ0n) is 14.8. The number of carbonyl (C=O) groups excluding carboxylic acids is 1. The van der Waals surface area contributed by atoms with Crippen molar-refractivity contribution in [2.24, 2.45) is 5.92 Å². The van der Waals surface area contributed by atoms with Crippen molar-refractivity contribution in [1.82, 2.24) is 20.5 Å². The number of aromatic nitrogens is 3. The molecule has 4 rings (SSSR count). The lowest BCUT2D eigenvalue weighted by Crippen LogP contribution is -2.32. The number of pyridine rings is 1. The molecule has 0 unspecified atom stereocenters. The van der Waals surface area contributed by atoms with E-state index in [4.69, 9.17) is 4.74 Å². The topological polar surface area (TPSA) is 79.9 Å². The van der Waals surface area contributed by atoms with E-state index >= 15 is 0 Å². The quantitative estimate of drug-likeness (QED) is 0.758. The van der Waals surface area contributed by atoms with Crippen LogP contribution in [0.15, 0.2) is 36.7 Å². The number of hydrogen-bond acceptors (Lipinski definition) is 4. The van der Waals surface area contributed by atoms with Gasteiger partial charge in [0.25, 0.3) is 5.91 Å². The summed E-state index contributed by atoms with van der Waals surface area (Å²) in [4.78, 5) is 16.9. The lowest BCUT2D eigenvalue weighted by atomic mass is 10.00. The van der Waals surface area contributed by atoms with Crippen LogP contribution in [0.25, 0.3) is 22.0 Å². The van der Waals surface area contributed by atoms with Crippen LogP contribution in [0.3, 0.4) is 0 Å². The minimum absolute atomic E-state index is 0.136. The average Bonchev–Trinajstić information content (AvgIpc) is 3.10. The molecule has 1 aliphatic rings. The van der Waals surface area contributed by atoms with Gasteiger partial charge in [0.05, 0.1) is 5.52 Å². The lowest BCUT2D eigenvalue weighted by molar-refractivity contribution is 0.0642. The van der Waals surface area contributed by atoms with Crippen LogP contribution in [0, 0.1) is 12.8 Å². The first kappa shape index (κ1) is 16.7. The molecule has 1 aromatic carbocycles. The summed E-state index contributed by atoms with van der Waals surface area (Å²) in [5, 5.41) is 11.0. The van der Waals surface area contributed by atoms with Crippen molar-refractivity contribution < 1.29 is 9.53 Å². The van der Waals surface area contributed by atoms with Crippen molar-refractivity contribution in [3.8, 4) is 11.1 Å². The lowest BCUT2D eigenvalue weighted by Gasteiger charge is -2.21. The molecule has 6 heteroatoms. The Kier molecular flexibility index (Phi) is 4.67. The molecule has 2 N–H and O–H groups in total. The maximum Gasteiger partial charge on any atom is 0.272 e. The van der Waals surface area contributed by atoms with Gasteiger partial charge in [0.1, 0.15) is 0 Å². The Labute approximate surface area is 152 Å². The second-order valence-electron chi connectivity index (χ2n) is 6.79. The number of aryl methyl sites for hydroxylation is 1. The molecule has 134 valence electrons. The zero-order valence-corrected chi connectivity index (χ0v) is 14.8. The summed E-state index contributed by atoms with van der Waals surface area (Å²) in [5.41, 5.74) is 4.53. The van der Waals surface area contributed by atoms with Crippen LogP contribution in [0.1, 0.15) is 28.9 Å². The first-order chi connectivity index (χ1) is 12.7. The first-order valence-electron chi connectivity index (χ1n) is 8.97. The zero-order chi connectivity index (χ0) is 17.9. The summed E-state index contributed by atoms with van der Waals surface area (Å²) in [6.07, 6.45) is 5.61. The number of amides is 1. The molecule has 2 aromatic heterocycles. The van der Waals surface area contributed by atoms with Gasteiger partial charge in [-0.05, 0) is 55.0 Å². The van der Waals surface area contributed by atoms with E-state index in [-0.39, 0.29) is 5.91 Å². The number of H-pyrrole nitrogens is 1. The monoisotopic (exact) mass is 350 g/mol. The van der Waals surface area contributed by atoms with Crippen molar-refractivity contribution in [3.05, 3.63) is 47.9 Å². The number of benzene rings is 1. The Morgan fingerprint density at radius 3 is 2.96 bits per heavy atom. The molecule has 1 amide bonds. The van der Waals surface area contributed by atoms with Gasteiger partial charge in [-0.25, -0.2) is 0 Å². The van der Waals surface area contributed by atoms with Crippen LogP contribution >= 0.6 is 0 Å². The molecule has 3 heterocycles. The minimum atomic E-state index is -0.136. The van der Waals surface area contributed by atoms with Crippen molar-refractivity contribution in [2.45, 2.75) is 19.8 Å². The summed E-state index contributed by atoms with van der Waals surface area (Å²) < 4.78 is 5.37. The van der Waals surface area contributed by atoms with Gasteiger partial charge in [0.2, 0.25) is 0 Å². The predicted octanol–water partition coefficient (Wildman–Crippen LogP) is 3.09. The highest BCUT2D eigenvalue weighted by molar-refractivity contribution is 6.05. The number of nitrogens with zero attached hydrogens (tertiary/aromatic N) is 2. The van der Waals surface area contributed by atoms with Gasteiger partial charge in [-0.3, -0.25) is 14.9 Å². The van der Waals surface area contributed by atoms with Gasteiger partial charge in [0, 0.05) is 43.1 Å². The molecule has 3 aromatic rings. The van der Waals surface area contributed by atoms with Crippen molar-refractivity contribution in [2.75, 3.05) is 19.8 Å². The normalized spacial score (nSPS) is 15.3. The van der Waals surface area contributed by atoms with Gasteiger partial charge in [0.15, 0.2) is 5.69 Å². The molecule has 1 fully saturated rings. The smallest absolute Gasteiger partial charge is 0.272 e. The highest BCUT2D eigenvalue weighted by Crippen LogP contribution is 2.27. The van der Waals surface area contributed by atoms with E-state index in [1.54, 1.807) is 6.20 Å². The van der Waals surface area contributed by atoms with Crippen LogP contribution in [0.5, 0.6) is 0 Å². The molecule has 0 atom stereocenters. The fourth-order valence-corrected chi connectivity index (χ4v) is 3.39. The Morgan fingerprint density at radius 1 is 1.31 bits per heavy atom. The van der Waals surface area contributed by atoms with Crippen LogP contribution in [-0.2, 0) is 4.74 Å². The van der Waals surface area contributed by atoms with Crippen LogP contribution < -0.4 is 5.32 Å². The van der Waals surface area contributed by atoms with E-state index in [9.17, 15) is 4.79 Å². The molecule has 0 saturated carbocycles. The predicted molar refractivity (Wildman–Crippen MR) is 99.9 cm³/mol. The number of aromatic amines is 1. The van der Waals surface area contributed by atoms with E-state index < -0.39 is 0 Å². The van der Waals surface area contributed by atoms with E-state index in [2.05, 4.69) is 27.4 Å². The van der Waals surface area contributed by atoms with E-state index in [1.807, 2.05) is 30.5 Å². The second kappa shape index (κ2) is 7.25. The number of hydrogen-bond donors (Lipinski definition) is 2. The van der Waals surface area contributed by atoms with Crippen LogP contribution in [-0.4, -0.2) is 40.8 Å². The van der Waals surface area contributed by atoms with Crippen molar-refractivity contribution >= 4 is 16.8 Å². The third-order valence-corrected chi connectivity index (χ3v) is 5.02. The van der Waals surface area contributed by atoms with Crippen LogP contribution in [0.4, 0.5) is 0 Å². The summed E-state index contributed by atoms with van der Waals surface area (Å²) in [6.45, 7) is 4.27. The van der Waals surface area contributed by atoms with E-state index in [0.29, 0.717) is 18.2 Å². The van der Waals surface area contributed by atoms with Crippen LogP contribution in [0.2, 0.25) is 0 Å². The van der Waals surface area contributed by atoms with Gasteiger partial charge >= 0.3 is 0 Å². The highest BCUT2D eigenvalue weighted by atomic mass is 16.5. The Morgan fingerprint density at radius 2 is 2.15 bits per heavy atom. The average molecular weight is 350 g/mol. The molecule has 1 saturated heterocycles. The Bertz CT molecular complexity index is 928. The fraction of sp³-hybridized carbons (Fsp3) is 0.350. The standard InChI is InChI=1S/C20H22N4O2/c1-13-4-7-21-12-17(13)15-2-3-18-16(10-15)19(24-23-18)20(25)22-11-14-5-8-26-9-6-14/h2-4,7,10,12,14H,5-6,8-9,11H2,1H3,(H,22,25)(H,23,24). The number of fused-ring (bicyclic) bond motifs is 1. The number of rotatable bonds is 4. The summed E-state index contributed by atoms with van der Waals surface area (Å²) in [6, 6.07) is 7.97. The van der Waals surface area contributed by atoms with Crippen molar-refractivity contribution in [1.29, 1.82) is 0 Å². The Balaban J connectivity index is 1.58.